The van der Waals surface area contributed by atoms with E-state index in [4.69, 9.17) is 4.74 Å². The third-order valence-corrected chi connectivity index (χ3v) is 4.19. The molecule has 0 radical (unpaired) electrons. The Morgan fingerprint density at radius 2 is 1.91 bits per heavy atom. The second-order valence-corrected chi connectivity index (χ2v) is 5.83. The van der Waals surface area contributed by atoms with Crippen molar-refractivity contribution in [2.24, 2.45) is 0 Å². The van der Waals surface area contributed by atoms with Crippen LogP contribution in [0.2, 0.25) is 0 Å². The van der Waals surface area contributed by atoms with Crippen LogP contribution in [-0.4, -0.2) is 34.1 Å². The number of ether oxygens (including phenoxy) is 1. The van der Waals surface area contributed by atoms with Crippen LogP contribution in [0.25, 0.3) is 16.9 Å². The molecule has 0 saturated heterocycles. The van der Waals surface area contributed by atoms with Gasteiger partial charge in [0.05, 0.1) is 18.5 Å². The molecule has 4 rings (SSSR count). The van der Waals surface area contributed by atoms with Gasteiger partial charge in [-0.2, -0.15) is 0 Å². The first kappa shape index (κ1) is 14.0. The largest absolute Gasteiger partial charge is 0.497 e. The van der Waals surface area contributed by atoms with Crippen molar-refractivity contribution in [2.45, 2.75) is 13.1 Å². The van der Waals surface area contributed by atoms with Gasteiger partial charge < -0.3 is 4.74 Å². The summed E-state index contributed by atoms with van der Waals surface area (Å²) in [5.41, 5.74) is 5.40. The van der Waals surface area contributed by atoms with E-state index < -0.39 is 0 Å². The third-order valence-electron chi connectivity index (χ3n) is 4.19. The van der Waals surface area contributed by atoms with E-state index >= 15 is 0 Å². The zero-order valence-corrected chi connectivity index (χ0v) is 13.2. The summed E-state index contributed by atoms with van der Waals surface area (Å²) in [6.45, 7) is 1.70. The Bertz CT molecular complexity index is 856. The molecule has 1 aliphatic heterocycles. The van der Waals surface area contributed by atoms with Gasteiger partial charge in [0.2, 0.25) is 0 Å². The van der Waals surface area contributed by atoms with Gasteiger partial charge >= 0.3 is 0 Å². The van der Waals surface area contributed by atoms with Crippen LogP contribution in [0.1, 0.15) is 11.3 Å². The number of hydrogen-bond donors (Lipinski definition) is 0. The lowest BCUT2D eigenvalue weighted by atomic mass is 10.1. The lowest BCUT2D eigenvalue weighted by Crippen LogP contribution is -2.16. The van der Waals surface area contributed by atoms with Crippen molar-refractivity contribution in [1.82, 2.24) is 19.9 Å². The number of rotatable bonds is 2. The van der Waals surface area contributed by atoms with Gasteiger partial charge in [-0.05, 0) is 30.8 Å². The molecule has 5 nitrogen and oxygen atoms in total. The lowest BCUT2D eigenvalue weighted by molar-refractivity contribution is 0.320. The lowest BCUT2D eigenvalue weighted by Gasteiger charge is -2.13. The second kappa shape index (κ2) is 5.52. The van der Waals surface area contributed by atoms with Crippen molar-refractivity contribution < 1.29 is 4.74 Å². The Morgan fingerprint density at radius 3 is 2.78 bits per heavy atom. The third kappa shape index (κ3) is 2.39. The molecule has 0 bridgehead atoms. The first-order chi connectivity index (χ1) is 11.3. The van der Waals surface area contributed by atoms with E-state index in [2.05, 4.69) is 40.5 Å². The number of fused-ring (bicyclic) bond motifs is 3. The maximum atomic E-state index is 5.33. The molecule has 2 heterocycles. The van der Waals surface area contributed by atoms with Crippen LogP contribution < -0.4 is 4.74 Å². The highest BCUT2D eigenvalue weighted by Crippen LogP contribution is 2.30. The quantitative estimate of drug-likeness (QED) is 0.730. The maximum Gasteiger partial charge on any atom is 0.119 e. The standard InChI is InChI=1S/C18H18N4O/c1-21-11-14-6-3-4-9-16(14)22-17(12-21)18(19-20-22)13-7-5-8-15(10-13)23-2/h3-10H,11-12H2,1-2H3. The van der Waals surface area contributed by atoms with Crippen molar-refractivity contribution in [1.29, 1.82) is 0 Å². The zero-order valence-electron chi connectivity index (χ0n) is 13.2. The second-order valence-electron chi connectivity index (χ2n) is 5.83. The summed E-state index contributed by atoms with van der Waals surface area (Å²) in [7, 11) is 3.80. The van der Waals surface area contributed by atoms with E-state index in [-0.39, 0.29) is 0 Å². The van der Waals surface area contributed by atoms with Crippen LogP contribution in [0.5, 0.6) is 5.75 Å². The van der Waals surface area contributed by atoms with Crippen molar-refractivity contribution in [3.63, 3.8) is 0 Å². The van der Waals surface area contributed by atoms with Crippen LogP contribution in [0.15, 0.2) is 48.5 Å². The summed E-state index contributed by atoms with van der Waals surface area (Å²) in [5, 5.41) is 8.87. The average molecular weight is 306 g/mol. The van der Waals surface area contributed by atoms with Crippen molar-refractivity contribution in [3.05, 3.63) is 59.8 Å². The smallest absolute Gasteiger partial charge is 0.119 e. The molecule has 0 N–H and O–H groups in total. The number of methoxy groups -OCH3 is 1. The summed E-state index contributed by atoms with van der Waals surface area (Å²) < 4.78 is 7.30. The number of para-hydroxylation sites is 1. The summed E-state index contributed by atoms with van der Waals surface area (Å²) in [6.07, 6.45) is 0. The molecular formula is C18H18N4O. The average Bonchev–Trinajstić information content (AvgIpc) is 2.92. The van der Waals surface area contributed by atoms with E-state index in [1.54, 1.807) is 7.11 Å². The Morgan fingerprint density at radius 1 is 1.04 bits per heavy atom. The van der Waals surface area contributed by atoms with E-state index in [9.17, 15) is 0 Å². The summed E-state index contributed by atoms with van der Waals surface area (Å²) >= 11 is 0. The predicted molar refractivity (Wildman–Crippen MR) is 88.5 cm³/mol. The van der Waals surface area contributed by atoms with E-state index in [0.717, 1.165) is 41.5 Å². The van der Waals surface area contributed by atoms with Crippen LogP contribution in [0.4, 0.5) is 0 Å². The molecule has 0 spiro atoms. The molecule has 1 aromatic heterocycles. The number of hydrogen-bond acceptors (Lipinski definition) is 4. The monoisotopic (exact) mass is 306 g/mol. The van der Waals surface area contributed by atoms with Crippen LogP contribution in [-0.2, 0) is 13.1 Å². The fourth-order valence-electron chi connectivity index (χ4n) is 3.09. The Labute approximate surface area is 135 Å². The SMILES string of the molecule is COc1cccc(-c2nnn3c2CN(C)Cc2ccccc2-3)c1. The van der Waals surface area contributed by atoms with Crippen LogP contribution in [0, 0.1) is 0 Å². The minimum Gasteiger partial charge on any atom is -0.497 e. The fraction of sp³-hybridized carbons (Fsp3) is 0.222. The number of nitrogens with zero attached hydrogens (tertiary/aromatic N) is 4. The first-order valence-electron chi connectivity index (χ1n) is 7.62. The molecular weight excluding hydrogens is 288 g/mol. The minimum atomic E-state index is 0.800. The highest BCUT2D eigenvalue weighted by atomic mass is 16.5. The van der Waals surface area contributed by atoms with E-state index in [1.807, 2.05) is 35.0 Å². The first-order valence-corrected chi connectivity index (χ1v) is 7.62. The molecule has 1 aliphatic rings. The normalized spacial score (nSPS) is 14.0. The van der Waals surface area contributed by atoms with Gasteiger partial charge in [0.25, 0.3) is 0 Å². The molecule has 23 heavy (non-hydrogen) atoms. The minimum absolute atomic E-state index is 0.800. The molecule has 116 valence electrons. The molecule has 3 aromatic rings. The zero-order chi connectivity index (χ0) is 15.8. The van der Waals surface area contributed by atoms with Gasteiger partial charge in [-0.3, -0.25) is 4.90 Å². The van der Waals surface area contributed by atoms with Gasteiger partial charge in [-0.15, -0.1) is 5.10 Å². The topological polar surface area (TPSA) is 43.2 Å². The predicted octanol–water partition coefficient (Wildman–Crippen LogP) is 2.89. The highest BCUT2D eigenvalue weighted by Gasteiger charge is 2.22. The molecule has 0 atom stereocenters. The van der Waals surface area contributed by atoms with Gasteiger partial charge in [-0.25, -0.2) is 4.68 Å². The van der Waals surface area contributed by atoms with Gasteiger partial charge in [-0.1, -0.05) is 35.5 Å². The van der Waals surface area contributed by atoms with Crippen molar-refractivity contribution in [3.8, 4) is 22.7 Å². The molecule has 0 aliphatic carbocycles. The Hall–Kier alpha value is -2.66. The number of benzene rings is 2. The molecule has 0 amide bonds. The molecule has 2 aromatic carbocycles. The number of aromatic nitrogens is 3. The van der Waals surface area contributed by atoms with Crippen molar-refractivity contribution in [2.75, 3.05) is 14.2 Å². The fourth-order valence-corrected chi connectivity index (χ4v) is 3.09. The summed E-state index contributed by atoms with van der Waals surface area (Å²) in [5.74, 6) is 0.826. The molecule has 0 fully saturated rings. The molecule has 5 heteroatoms. The van der Waals surface area contributed by atoms with Crippen molar-refractivity contribution >= 4 is 0 Å². The van der Waals surface area contributed by atoms with Gasteiger partial charge in [0.1, 0.15) is 11.4 Å². The van der Waals surface area contributed by atoms with E-state index in [0.29, 0.717) is 0 Å². The Balaban J connectivity index is 1.89. The Kier molecular flexibility index (Phi) is 3.35. The molecule has 0 unspecified atom stereocenters. The summed E-state index contributed by atoms with van der Waals surface area (Å²) in [4.78, 5) is 2.28. The highest BCUT2D eigenvalue weighted by molar-refractivity contribution is 5.64. The maximum absolute atomic E-state index is 5.33. The van der Waals surface area contributed by atoms with E-state index in [1.165, 1.54) is 5.56 Å². The van der Waals surface area contributed by atoms with Gasteiger partial charge in [0.15, 0.2) is 0 Å². The van der Waals surface area contributed by atoms with Crippen LogP contribution in [0.3, 0.4) is 0 Å². The summed E-state index contributed by atoms with van der Waals surface area (Å²) in [6, 6.07) is 16.3. The van der Waals surface area contributed by atoms with Gasteiger partial charge in [0, 0.05) is 18.7 Å². The van der Waals surface area contributed by atoms with Crippen LogP contribution >= 0.6 is 0 Å². The molecule has 0 saturated carbocycles.